The zero-order valence-electron chi connectivity index (χ0n) is 16.5. The zero-order valence-corrected chi connectivity index (χ0v) is 16.5. The highest BCUT2D eigenvalue weighted by atomic mass is 15.3. The minimum Gasteiger partial charge on any atom is -0.265 e. The highest BCUT2D eigenvalue weighted by molar-refractivity contribution is 5.84. The quantitative estimate of drug-likeness (QED) is 0.360. The number of benzene rings is 3. The summed E-state index contributed by atoms with van der Waals surface area (Å²) in [5, 5.41) is 5.12. The molecule has 0 N–H and O–H groups in total. The maximum absolute atomic E-state index is 5.12. The largest absolute Gasteiger partial charge is 0.265 e. The molecule has 5 aromatic rings. The molecule has 0 spiro atoms. The second kappa shape index (κ2) is 8.18. The van der Waals surface area contributed by atoms with E-state index in [0.29, 0.717) is 0 Å². The van der Waals surface area contributed by atoms with Crippen LogP contribution in [0.5, 0.6) is 0 Å². The summed E-state index contributed by atoms with van der Waals surface area (Å²) >= 11 is 0. The van der Waals surface area contributed by atoms with Crippen LogP contribution in [0.3, 0.4) is 0 Å². The fraction of sp³-hybridized carbons (Fsp3) is 0.0370. The summed E-state index contributed by atoms with van der Waals surface area (Å²) < 4.78 is 2.07. The average Bonchev–Trinajstić information content (AvgIpc) is 3.20. The first-order valence-electron chi connectivity index (χ1n) is 10.1. The summed E-state index contributed by atoms with van der Waals surface area (Å²) in [7, 11) is 0. The Bertz CT molecular complexity index is 1230. The van der Waals surface area contributed by atoms with Gasteiger partial charge in [0.05, 0.1) is 17.1 Å². The van der Waals surface area contributed by atoms with Crippen molar-refractivity contribution < 1.29 is 0 Å². The first kappa shape index (κ1) is 18.1. The van der Waals surface area contributed by atoms with Crippen molar-refractivity contribution in [3.8, 4) is 28.1 Å². The third-order valence-electron chi connectivity index (χ3n) is 5.19. The number of hydrogen-bond donors (Lipinski definition) is 0. The van der Waals surface area contributed by atoms with Gasteiger partial charge in [0.15, 0.2) is 0 Å². The number of aromatic nitrogens is 3. The first-order chi connectivity index (χ1) is 14.9. The zero-order chi connectivity index (χ0) is 20.2. The Morgan fingerprint density at radius 2 is 1.20 bits per heavy atom. The number of rotatable bonds is 5. The van der Waals surface area contributed by atoms with E-state index in [4.69, 9.17) is 5.10 Å². The van der Waals surface area contributed by atoms with Crippen molar-refractivity contribution >= 4 is 0 Å². The monoisotopic (exact) mass is 387 g/mol. The summed E-state index contributed by atoms with van der Waals surface area (Å²) in [6, 6.07) is 35.5. The lowest BCUT2D eigenvalue weighted by molar-refractivity contribution is 0.854. The molecule has 0 unspecified atom stereocenters. The molecule has 3 nitrogen and oxygen atoms in total. The van der Waals surface area contributed by atoms with E-state index in [1.807, 2.05) is 42.7 Å². The summed E-state index contributed by atoms with van der Waals surface area (Å²) in [5.41, 5.74) is 7.85. The fourth-order valence-electron chi connectivity index (χ4n) is 3.82. The van der Waals surface area contributed by atoms with E-state index in [-0.39, 0.29) is 0 Å². The Hall–Kier alpha value is -3.98. The predicted molar refractivity (Wildman–Crippen MR) is 121 cm³/mol. The topological polar surface area (TPSA) is 30.7 Å². The van der Waals surface area contributed by atoms with Gasteiger partial charge in [-0.05, 0) is 35.4 Å². The van der Waals surface area contributed by atoms with E-state index in [2.05, 4.69) is 82.5 Å². The molecule has 2 aromatic heterocycles. The number of hydrogen-bond acceptors (Lipinski definition) is 2. The second-order valence-corrected chi connectivity index (χ2v) is 7.18. The molecule has 0 atom stereocenters. The van der Waals surface area contributed by atoms with Crippen molar-refractivity contribution in [1.82, 2.24) is 14.8 Å². The second-order valence-electron chi connectivity index (χ2n) is 7.18. The third-order valence-corrected chi connectivity index (χ3v) is 5.19. The normalized spacial score (nSPS) is 10.8. The lowest BCUT2D eigenvalue weighted by Gasteiger charge is -2.10. The van der Waals surface area contributed by atoms with Crippen LogP contribution in [0.1, 0.15) is 11.3 Å². The molecule has 0 aliphatic carbocycles. The van der Waals surface area contributed by atoms with E-state index < -0.39 is 0 Å². The molecule has 0 saturated heterocycles. The molecule has 0 amide bonds. The lowest BCUT2D eigenvalue weighted by Crippen LogP contribution is -2.00. The molecular formula is C27H21N3. The Kier molecular flexibility index (Phi) is 4.93. The van der Waals surface area contributed by atoms with Gasteiger partial charge in [0.25, 0.3) is 0 Å². The van der Waals surface area contributed by atoms with Crippen molar-refractivity contribution in [3.05, 3.63) is 127 Å². The average molecular weight is 387 g/mol. The highest BCUT2D eigenvalue weighted by Crippen LogP contribution is 2.37. The SMILES string of the molecule is c1ccc(Cc2nn(-c3ccccc3)c(-c3ccncc3)c2-c2ccccc2)cc1. The molecule has 3 aromatic carbocycles. The van der Waals surface area contributed by atoms with Gasteiger partial charge in [-0.25, -0.2) is 4.68 Å². The molecule has 0 saturated carbocycles. The molecule has 144 valence electrons. The van der Waals surface area contributed by atoms with Crippen molar-refractivity contribution in [2.24, 2.45) is 0 Å². The van der Waals surface area contributed by atoms with Crippen LogP contribution in [0.15, 0.2) is 116 Å². The summed E-state index contributed by atoms with van der Waals surface area (Å²) in [6.45, 7) is 0. The number of pyridine rings is 1. The molecule has 0 bridgehead atoms. The molecular weight excluding hydrogens is 366 g/mol. The highest BCUT2D eigenvalue weighted by Gasteiger charge is 2.21. The van der Waals surface area contributed by atoms with E-state index in [9.17, 15) is 0 Å². The molecule has 3 heteroatoms. The van der Waals surface area contributed by atoms with Crippen molar-refractivity contribution in [2.45, 2.75) is 6.42 Å². The summed E-state index contributed by atoms with van der Waals surface area (Å²) in [5.74, 6) is 0. The molecule has 5 rings (SSSR count). The molecule has 0 fully saturated rings. The van der Waals surface area contributed by atoms with Gasteiger partial charge in [0, 0.05) is 29.9 Å². The predicted octanol–water partition coefficient (Wildman–Crippen LogP) is 6.19. The lowest BCUT2D eigenvalue weighted by atomic mass is 9.96. The van der Waals surface area contributed by atoms with Gasteiger partial charge in [-0.2, -0.15) is 5.10 Å². The molecule has 30 heavy (non-hydrogen) atoms. The van der Waals surface area contributed by atoms with Crippen LogP contribution in [0.4, 0.5) is 0 Å². The van der Waals surface area contributed by atoms with E-state index >= 15 is 0 Å². The number of nitrogens with zero attached hydrogens (tertiary/aromatic N) is 3. The van der Waals surface area contributed by atoms with Gasteiger partial charge in [-0.1, -0.05) is 78.9 Å². The van der Waals surface area contributed by atoms with Crippen molar-refractivity contribution in [2.75, 3.05) is 0 Å². The fourth-order valence-corrected chi connectivity index (χ4v) is 3.82. The van der Waals surface area contributed by atoms with Gasteiger partial charge in [-0.15, -0.1) is 0 Å². The standard InChI is InChI=1S/C27H21N3/c1-4-10-21(11-5-1)20-25-26(22-12-6-2-7-13-22)27(23-16-18-28-19-17-23)30(29-25)24-14-8-3-9-15-24/h1-19H,20H2. The van der Waals surface area contributed by atoms with E-state index in [0.717, 1.165) is 40.2 Å². The van der Waals surface area contributed by atoms with Crippen molar-refractivity contribution in [3.63, 3.8) is 0 Å². The Morgan fingerprint density at radius 1 is 0.600 bits per heavy atom. The minimum absolute atomic E-state index is 0.767. The Labute approximate surface area is 176 Å². The third kappa shape index (κ3) is 3.53. The van der Waals surface area contributed by atoms with Gasteiger partial charge in [0.1, 0.15) is 0 Å². The number of para-hydroxylation sites is 1. The molecule has 0 aliphatic rings. The maximum Gasteiger partial charge on any atom is 0.0823 e. The Morgan fingerprint density at radius 3 is 1.87 bits per heavy atom. The van der Waals surface area contributed by atoms with Crippen LogP contribution < -0.4 is 0 Å². The van der Waals surface area contributed by atoms with Crippen LogP contribution in [0, 0.1) is 0 Å². The van der Waals surface area contributed by atoms with Crippen molar-refractivity contribution in [1.29, 1.82) is 0 Å². The van der Waals surface area contributed by atoms with Crippen LogP contribution in [-0.2, 0) is 6.42 Å². The minimum atomic E-state index is 0.767. The van der Waals surface area contributed by atoms with E-state index in [1.54, 1.807) is 0 Å². The maximum atomic E-state index is 5.12. The van der Waals surface area contributed by atoms with Crippen LogP contribution in [-0.4, -0.2) is 14.8 Å². The van der Waals surface area contributed by atoms with Crippen LogP contribution >= 0.6 is 0 Å². The molecule has 2 heterocycles. The summed E-state index contributed by atoms with van der Waals surface area (Å²) in [4.78, 5) is 4.22. The van der Waals surface area contributed by atoms with Gasteiger partial charge in [-0.3, -0.25) is 4.98 Å². The summed E-state index contributed by atoms with van der Waals surface area (Å²) in [6.07, 6.45) is 4.44. The van der Waals surface area contributed by atoms with Gasteiger partial charge < -0.3 is 0 Å². The van der Waals surface area contributed by atoms with Gasteiger partial charge in [0.2, 0.25) is 0 Å². The van der Waals surface area contributed by atoms with E-state index in [1.165, 1.54) is 5.56 Å². The van der Waals surface area contributed by atoms with Crippen LogP contribution in [0.2, 0.25) is 0 Å². The first-order valence-corrected chi connectivity index (χ1v) is 10.1. The van der Waals surface area contributed by atoms with Crippen LogP contribution in [0.25, 0.3) is 28.1 Å². The molecule has 0 radical (unpaired) electrons. The van der Waals surface area contributed by atoms with Gasteiger partial charge >= 0.3 is 0 Å². The Balaban J connectivity index is 1.79. The smallest absolute Gasteiger partial charge is 0.0823 e. The molecule has 0 aliphatic heterocycles.